The Bertz CT molecular complexity index is 604. The van der Waals surface area contributed by atoms with Gasteiger partial charge in [-0.15, -0.1) is 0 Å². The summed E-state index contributed by atoms with van der Waals surface area (Å²) < 4.78 is 75.1. The SMILES string of the molecule is O=S(=O)(NCCCC(F)(F)F)c1cc(Cl)cc(CO)c1F. The number of alkyl halides is 3. The van der Waals surface area contributed by atoms with Crippen LogP contribution < -0.4 is 4.72 Å². The summed E-state index contributed by atoms with van der Waals surface area (Å²) in [6.07, 6.45) is -6.02. The molecule has 1 aromatic rings. The van der Waals surface area contributed by atoms with Crippen molar-refractivity contribution in [2.75, 3.05) is 6.54 Å². The van der Waals surface area contributed by atoms with Crippen molar-refractivity contribution in [3.8, 4) is 0 Å². The third kappa shape index (κ3) is 5.42. The molecule has 0 saturated carbocycles. The first-order valence-electron chi connectivity index (χ1n) is 5.72. The Morgan fingerprint density at radius 1 is 1.29 bits per heavy atom. The molecule has 1 aromatic carbocycles. The molecule has 0 bridgehead atoms. The molecule has 2 N–H and O–H groups in total. The van der Waals surface area contributed by atoms with Gasteiger partial charge in [-0.25, -0.2) is 17.5 Å². The van der Waals surface area contributed by atoms with E-state index in [9.17, 15) is 26.0 Å². The number of nitrogens with one attached hydrogen (secondary N) is 1. The van der Waals surface area contributed by atoms with Crippen LogP contribution in [0, 0.1) is 5.82 Å². The Morgan fingerprint density at radius 3 is 2.43 bits per heavy atom. The molecule has 0 aliphatic carbocycles. The fourth-order valence-corrected chi connectivity index (χ4v) is 3.03. The molecule has 1 rings (SSSR count). The molecule has 10 heteroatoms. The van der Waals surface area contributed by atoms with Crippen molar-refractivity contribution in [1.29, 1.82) is 0 Å². The van der Waals surface area contributed by atoms with Gasteiger partial charge in [0.1, 0.15) is 10.7 Å². The van der Waals surface area contributed by atoms with Gasteiger partial charge < -0.3 is 5.11 Å². The van der Waals surface area contributed by atoms with Crippen LogP contribution in [0.4, 0.5) is 17.6 Å². The highest BCUT2D eigenvalue weighted by Gasteiger charge is 2.27. The number of aliphatic hydroxyl groups is 1. The summed E-state index contributed by atoms with van der Waals surface area (Å²) in [5.74, 6) is -1.19. The van der Waals surface area contributed by atoms with E-state index in [0.717, 1.165) is 12.1 Å². The van der Waals surface area contributed by atoms with Crippen LogP contribution in [-0.2, 0) is 16.6 Å². The van der Waals surface area contributed by atoms with Gasteiger partial charge in [0.05, 0.1) is 6.61 Å². The molecule has 0 heterocycles. The molecule has 0 aromatic heterocycles. The van der Waals surface area contributed by atoms with Crippen LogP contribution in [0.15, 0.2) is 17.0 Å². The Balaban J connectivity index is 2.86. The maximum atomic E-state index is 13.8. The van der Waals surface area contributed by atoms with Gasteiger partial charge in [-0.05, 0) is 18.6 Å². The van der Waals surface area contributed by atoms with Crippen LogP contribution in [0.25, 0.3) is 0 Å². The van der Waals surface area contributed by atoms with E-state index in [4.69, 9.17) is 16.7 Å². The normalized spacial score (nSPS) is 12.7. The summed E-state index contributed by atoms with van der Waals surface area (Å²) in [6, 6.07) is 1.88. The maximum absolute atomic E-state index is 13.8. The largest absolute Gasteiger partial charge is 0.392 e. The molecule has 0 saturated heterocycles. The zero-order chi connectivity index (χ0) is 16.3. The summed E-state index contributed by atoms with van der Waals surface area (Å²) in [6.45, 7) is -1.26. The Hall–Kier alpha value is -0.900. The van der Waals surface area contributed by atoms with Gasteiger partial charge in [-0.3, -0.25) is 0 Å². The monoisotopic (exact) mass is 349 g/mol. The lowest BCUT2D eigenvalue weighted by atomic mass is 10.2. The van der Waals surface area contributed by atoms with Crippen LogP contribution in [0.5, 0.6) is 0 Å². The first-order chi connectivity index (χ1) is 9.57. The zero-order valence-electron chi connectivity index (χ0n) is 10.5. The summed E-state index contributed by atoms with van der Waals surface area (Å²) in [4.78, 5) is -0.814. The lowest BCUT2D eigenvalue weighted by Gasteiger charge is -2.11. The molecule has 0 aliphatic heterocycles. The second-order valence-electron chi connectivity index (χ2n) is 4.15. The molecule has 0 fully saturated rings. The first-order valence-corrected chi connectivity index (χ1v) is 7.58. The molecule has 21 heavy (non-hydrogen) atoms. The Labute approximate surface area is 123 Å². The summed E-state index contributed by atoms with van der Waals surface area (Å²) in [5, 5.41) is 8.78. The van der Waals surface area contributed by atoms with Gasteiger partial charge >= 0.3 is 6.18 Å². The van der Waals surface area contributed by atoms with Crippen molar-refractivity contribution in [1.82, 2.24) is 4.72 Å². The Morgan fingerprint density at radius 2 is 1.90 bits per heavy atom. The average molecular weight is 350 g/mol. The molecule has 4 nitrogen and oxygen atoms in total. The summed E-state index contributed by atoms with van der Waals surface area (Å²) in [7, 11) is -4.35. The number of hydrogen-bond acceptors (Lipinski definition) is 3. The predicted molar refractivity (Wildman–Crippen MR) is 67.8 cm³/mol. The fourth-order valence-electron chi connectivity index (χ4n) is 1.50. The van der Waals surface area contributed by atoms with Crippen LogP contribution in [-0.4, -0.2) is 26.2 Å². The van der Waals surface area contributed by atoms with E-state index in [-0.39, 0.29) is 10.6 Å². The third-order valence-electron chi connectivity index (χ3n) is 2.47. The van der Waals surface area contributed by atoms with E-state index in [1.165, 1.54) is 0 Å². The van der Waals surface area contributed by atoms with E-state index >= 15 is 0 Å². The number of benzene rings is 1. The van der Waals surface area contributed by atoms with Crippen molar-refractivity contribution >= 4 is 21.6 Å². The quantitative estimate of drug-likeness (QED) is 0.613. The number of rotatable bonds is 6. The molecular weight excluding hydrogens is 338 g/mol. The molecule has 0 atom stereocenters. The second kappa shape index (κ2) is 6.91. The second-order valence-corrected chi connectivity index (χ2v) is 6.32. The molecule has 0 radical (unpaired) electrons. The Kier molecular flexibility index (Phi) is 5.97. The fraction of sp³-hybridized carbons (Fsp3) is 0.455. The highest BCUT2D eigenvalue weighted by Crippen LogP contribution is 2.24. The van der Waals surface area contributed by atoms with Crippen LogP contribution in [0.1, 0.15) is 18.4 Å². The van der Waals surface area contributed by atoms with Crippen molar-refractivity contribution in [2.24, 2.45) is 0 Å². The van der Waals surface area contributed by atoms with Crippen molar-refractivity contribution in [3.05, 3.63) is 28.5 Å². The van der Waals surface area contributed by atoms with E-state index < -0.39 is 52.9 Å². The minimum atomic E-state index is -4.39. The molecule has 0 unspecified atom stereocenters. The van der Waals surface area contributed by atoms with Gasteiger partial charge in [0.15, 0.2) is 0 Å². The van der Waals surface area contributed by atoms with Crippen molar-refractivity contribution in [3.63, 3.8) is 0 Å². The average Bonchev–Trinajstić information content (AvgIpc) is 2.36. The van der Waals surface area contributed by atoms with Gasteiger partial charge in [-0.2, -0.15) is 13.2 Å². The molecule has 0 aliphatic rings. The van der Waals surface area contributed by atoms with Crippen LogP contribution >= 0.6 is 11.6 Å². The highest BCUT2D eigenvalue weighted by atomic mass is 35.5. The molecular formula is C11H12ClF4NO3S. The van der Waals surface area contributed by atoms with E-state index in [0.29, 0.717) is 0 Å². The van der Waals surface area contributed by atoms with E-state index in [1.807, 2.05) is 4.72 Å². The topological polar surface area (TPSA) is 66.4 Å². The predicted octanol–water partition coefficient (Wildman–Crippen LogP) is 2.59. The standard InChI is InChI=1S/C11H12ClF4NO3S/c12-8-4-7(6-18)10(13)9(5-8)21(19,20)17-3-1-2-11(14,15)16/h4-5,17-18H,1-3,6H2. The van der Waals surface area contributed by atoms with Gasteiger partial charge in [0, 0.05) is 23.6 Å². The van der Waals surface area contributed by atoms with Crippen LogP contribution in [0.3, 0.4) is 0 Å². The number of sulfonamides is 1. The van der Waals surface area contributed by atoms with Crippen molar-refractivity contribution < 1.29 is 31.1 Å². The molecule has 120 valence electrons. The minimum Gasteiger partial charge on any atom is -0.392 e. The smallest absolute Gasteiger partial charge is 0.389 e. The van der Waals surface area contributed by atoms with Crippen LogP contribution in [0.2, 0.25) is 5.02 Å². The number of aliphatic hydroxyl groups excluding tert-OH is 1. The van der Waals surface area contributed by atoms with E-state index in [1.54, 1.807) is 0 Å². The number of halogens is 5. The summed E-state index contributed by atoms with van der Waals surface area (Å²) >= 11 is 5.61. The van der Waals surface area contributed by atoms with Crippen molar-refractivity contribution in [2.45, 2.75) is 30.5 Å². The third-order valence-corrected chi connectivity index (χ3v) is 4.15. The van der Waals surface area contributed by atoms with Gasteiger partial charge in [0.25, 0.3) is 0 Å². The lowest BCUT2D eigenvalue weighted by molar-refractivity contribution is -0.135. The first kappa shape index (κ1) is 18.1. The number of hydrogen-bond donors (Lipinski definition) is 2. The van der Waals surface area contributed by atoms with Gasteiger partial charge in [-0.1, -0.05) is 11.6 Å². The minimum absolute atomic E-state index is 0.115. The molecule has 0 spiro atoms. The lowest BCUT2D eigenvalue weighted by Crippen LogP contribution is -2.27. The molecule has 0 amide bonds. The zero-order valence-corrected chi connectivity index (χ0v) is 12.1. The maximum Gasteiger partial charge on any atom is 0.389 e. The van der Waals surface area contributed by atoms with E-state index in [2.05, 4.69) is 0 Å². The highest BCUT2D eigenvalue weighted by molar-refractivity contribution is 7.89. The van der Waals surface area contributed by atoms with Gasteiger partial charge in [0.2, 0.25) is 10.0 Å². The summed E-state index contributed by atoms with van der Waals surface area (Å²) in [5.41, 5.74) is -0.321.